The van der Waals surface area contributed by atoms with Crippen LogP contribution in [0.4, 0.5) is 0 Å². The highest BCUT2D eigenvalue weighted by Crippen LogP contribution is 2.12. The van der Waals surface area contributed by atoms with Crippen LogP contribution in [0.3, 0.4) is 0 Å². The number of hydrogen-bond acceptors (Lipinski definition) is 3. The molecule has 2 atom stereocenters. The van der Waals surface area contributed by atoms with E-state index in [0.29, 0.717) is 12.1 Å². The van der Waals surface area contributed by atoms with Crippen molar-refractivity contribution >= 4 is 0 Å². The van der Waals surface area contributed by atoms with Crippen LogP contribution >= 0.6 is 0 Å². The van der Waals surface area contributed by atoms with Crippen LogP contribution < -0.4 is 5.32 Å². The van der Waals surface area contributed by atoms with Gasteiger partial charge in [0, 0.05) is 19.1 Å². The first-order valence-corrected chi connectivity index (χ1v) is 7.69. The molecule has 0 fully saturated rings. The molecule has 110 valence electrons. The maximum absolute atomic E-state index is 5.41. The maximum atomic E-state index is 5.41. The van der Waals surface area contributed by atoms with Gasteiger partial charge in [0.2, 0.25) is 0 Å². The molecule has 1 rings (SSSR count). The molecule has 1 aromatic rings. The van der Waals surface area contributed by atoms with Gasteiger partial charge in [-0.15, -0.1) is 0 Å². The van der Waals surface area contributed by atoms with E-state index < -0.39 is 0 Å². The van der Waals surface area contributed by atoms with Crippen LogP contribution in [0.15, 0.2) is 22.8 Å². The Hall–Kier alpha value is -0.800. The Morgan fingerprint density at radius 1 is 1.26 bits per heavy atom. The van der Waals surface area contributed by atoms with E-state index in [1.165, 1.54) is 25.8 Å². The predicted molar refractivity (Wildman–Crippen MR) is 81.4 cm³/mol. The minimum absolute atomic E-state index is 0.292. The van der Waals surface area contributed by atoms with Crippen LogP contribution in [0.2, 0.25) is 0 Å². The number of hydrogen-bond donors (Lipinski definition) is 1. The average Bonchev–Trinajstić information content (AvgIpc) is 2.95. The number of nitrogens with zero attached hydrogens (tertiary/aromatic N) is 1. The Morgan fingerprint density at radius 2 is 2.05 bits per heavy atom. The fourth-order valence-electron chi connectivity index (χ4n) is 2.23. The molecular formula is C16H30N2O. The van der Waals surface area contributed by atoms with Crippen LogP contribution in [0, 0.1) is 0 Å². The summed E-state index contributed by atoms with van der Waals surface area (Å²) in [7, 11) is 0. The monoisotopic (exact) mass is 266 g/mol. The van der Waals surface area contributed by atoms with Gasteiger partial charge in [0.05, 0.1) is 12.3 Å². The summed E-state index contributed by atoms with van der Waals surface area (Å²) in [4.78, 5) is 2.59. The molecule has 0 aromatic carbocycles. The first kappa shape index (κ1) is 16.3. The van der Waals surface area contributed by atoms with Gasteiger partial charge in [0.15, 0.2) is 0 Å². The zero-order valence-corrected chi connectivity index (χ0v) is 13.0. The Morgan fingerprint density at radius 3 is 2.63 bits per heavy atom. The summed E-state index contributed by atoms with van der Waals surface area (Å²) in [6.07, 6.45) is 5.51. The Kier molecular flexibility index (Phi) is 7.84. The zero-order valence-electron chi connectivity index (χ0n) is 13.0. The number of unbranched alkanes of at least 4 members (excludes halogenated alkanes) is 1. The number of furan rings is 1. The van der Waals surface area contributed by atoms with Gasteiger partial charge >= 0.3 is 0 Å². The van der Waals surface area contributed by atoms with Gasteiger partial charge in [-0.1, -0.05) is 20.3 Å². The van der Waals surface area contributed by atoms with E-state index in [1.807, 2.05) is 12.1 Å². The minimum atomic E-state index is 0.292. The van der Waals surface area contributed by atoms with Gasteiger partial charge in [0.25, 0.3) is 0 Å². The second kappa shape index (κ2) is 9.16. The second-order valence-corrected chi connectivity index (χ2v) is 5.34. The van der Waals surface area contributed by atoms with Gasteiger partial charge in [0.1, 0.15) is 5.76 Å². The molecule has 0 radical (unpaired) electrons. The molecule has 1 N–H and O–H groups in total. The SMILES string of the molecule is CCCCN(CCNC(C)c1ccco1)C(C)CC. The summed E-state index contributed by atoms with van der Waals surface area (Å²) in [6, 6.07) is 4.94. The third-order valence-corrected chi connectivity index (χ3v) is 3.83. The number of rotatable bonds is 10. The van der Waals surface area contributed by atoms with E-state index >= 15 is 0 Å². The summed E-state index contributed by atoms with van der Waals surface area (Å²) in [5, 5.41) is 3.54. The lowest BCUT2D eigenvalue weighted by molar-refractivity contribution is 0.198. The summed E-state index contributed by atoms with van der Waals surface area (Å²) < 4.78 is 5.41. The average molecular weight is 266 g/mol. The lowest BCUT2D eigenvalue weighted by Gasteiger charge is -2.28. The molecule has 3 nitrogen and oxygen atoms in total. The number of nitrogens with one attached hydrogen (secondary N) is 1. The van der Waals surface area contributed by atoms with Crippen molar-refractivity contribution in [2.45, 2.75) is 59.0 Å². The first-order chi connectivity index (χ1) is 9.19. The van der Waals surface area contributed by atoms with Crippen molar-refractivity contribution in [3.05, 3.63) is 24.2 Å². The molecule has 0 aliphatic rings. The minimum Gasteiger partial charge on any atom is -0.468 e. The molecule has 0 saturated heterocycles. The van der Waals surface area contributed by atoms with Crippen molar-refractivity contribution in [1.82, 2.24) is 10.2 Å². The van der Waals surface area contributed by atoms with E-state index in [1.54, 1.807) is 6.26 Å². The molecule has 1 aromatic heterocycles. The summed E-state index contributed by atoms with van der Waals surface area (Å²) >= 11 is 0. The Balaban J connectivity index is 2.30. The van der Waals surface area contributed by atoms with Gasteiger partial charge < -0.3 is 9.73 Å². The van der Waals surface area contributed by atoms with E-state index in [9.17, 15) is 0 Å². The molecule has 0 spiro atoms. The van der Waals surface area contributed by atoms with Crippen molar-refractivity contribution in [1.29, 1.82) is 0 Å². The van der Waals surface area contributed by atoms with E-state index in [0.717, 1.165) is 18.8 Å². The van der Waals surface area contributed by atoms with Crippen LogP contribution in [0.5, 0.6) is 0 Å². The van der Waals surface area contributed by atoms with Crippen molar-refractivity contribution in [2.24, 2.45) is 0 Å². The molecule has 0 bridgehead atoms. The molecule has 0 saturated carbocycles. The third kappa shape index (κ3) is 5.79. The van der Waals surface area contributed by atoms with Crippen LogP contribution in [0.25, 0.3) is 0 Å². The first-order valence-electron chi connectivity index (χ1n) is 7.69. The fraction of sp³-hybridized carbons (Fsp3) is 0.750. The molecule has 2 unspecified atom stereocenters. The summed E-state index contributed by atoms with van der Waals surface area (Å²) in [5.74, 6) is 1.02. The predicted octanol–water partition coefficient (Wildman–Crippen LogP) is 3.83. The molecule has 0 amide bonds. The van der Waals surface area contributed by atoms with E-state index in [2.05, 4.69) is 37.9 Å². The molecular weight excluding hydrogens is 236 g/mol. The topological polar surface area (TPSA) is 28.4 Å². The lowest BCUT2D eigenvalue weighted by atomic mass is 10.2. The summed E-state index contributed by atoms with van der Waals surface area (Å²) in [5.41, 5.74) is 0. The van der Waals surface area contributed by atoms with Crippen molar-refractivity contribution in [2.75, 3.05) is 19.6 Å². The lowest BCUT2D eigenvalue weighted by Crippen LogP contribution is -2.39. The zero-order chi connectivity index (χ0) is 14.1. The van der Waals surface area contributed by atoms with Gasteiger partial charge in [-0.3, -0.25) is 4.90 Å². The van der Waals surface area contributed by atoms with Crippen molar-refractivity contribution in [3.8, 4) is 0 Å². The summed E-state index contributed by atoms with van der Waals surface area (Å²) in [6.45, 7) is 12.3. The largest absolute Gasteiger partial charge is 0.468 e. The molecule has 0 aliphatic heterocycles. The smallest absolute Gasteiger partial charge is 0.120 e. The highest BCUT2D eigenvalue weighted by Gasteiger charge is 2.12. The van der Waals surface area contributed by atoms with E-state index in [4.69, 9.17) is 4.42 Å². The molecule has 19 heavy (non-hydrogen) atoms. The van der Waals surface area contributed by atoms with Crippen molar-refractivity contribution < 1.29 is 4.42 Å². The highest BCUT2D eigenvalue weighted by molar-refractivity contribution is 5.02. The van der Waals surface area contributed by atoms with Crippen LogP contribution in [-0.4, -0.2) is 30.6 Å². The van der Waals surface area contributed by atoms with Gasteiger partial charge in [-0.2, -0.15) is 0 Å². The Bertz CT molecular complexity index is 311. The normalized spacial score (nSPS) is 14.8. The van der Waals surface area contributed by atoms with Crippen molar-refractivity contribution in [3.63, 3.8) is 0 Å². The molecule has 0 aliphatic carbocycles. The van der Waals surface area contributed by atoms with Gasteiger partial charge in [-0.05, 0) is 45.4 Å². The third-order valence-electron chi connectivity index (χ3n) is 3.83. The molecule has 1 heterocycles. The van der Waals surface area contributed by atoms with Gasteiger partial charge in [-0.25, -0.2) is 0 Å². The standard InChI is InChI=1S/C16H30N2O/c1-5-7-11-18(14(3)6-2)12-10-17-15(4)16-9-8-13-19-16/h8-9,13-15,17H,5-7,10-12H2,1-4H3. The van der Waals surface area contributed by atoms with Crippen LogP contribution in [0.1, 0.15) is 58.8 Å². The molecule has 3 heteroatoms. The fourth-order valence-corrected chi connectivity index (χ4v) is 2.23. The highest BCUT2D eigenvalue weighted by atomic mass is 16.3. The van der Waals surface area contributed by atoms with Crippen LogP contribution in [-0.2, 0) is 0 Å². The maximum Gasteiger partial charge on any atom is 0.120 e. The Labute approximate surface area is 118 Å². The quantitative estimate of drug-likeness (QED) is 0.697. The van der Waals surface area contributed by atoms with E-state index in [-0.39, 0.29) is 0 Å². The second-order valence-electron chi connectivity index (χ2n) is 5.34.